The normalized spacial score (nSPS) is 33.9. The summed E-state index contributed by atoms with van der Waals surface area (Å²) in [5.74, 6) is 0.129. The Labute approximate surface area is 108 Å². The Morgan fingerprint density at radius 1 is 1.39 bits per heavy atom. The molecule has 5 nitrogen and oxygen atoms in total. The van der Waals surface area contributed by atoms with Crippen molar-refractivity contribution in [3.05, 3.63) is 0 Å². The number of esters is 1. The SMILES string of the molecule is COC(=O)C1CN(C2CCCCNC2=O)CC1C. The summed E-state index contributed by atoms with van der Waals surface area (Å²) in [4.78, 5) is 25.8. The van der Waals surface area contributed by atoms with Gasteiger partial charge in [0.05, 0.1) is 19.1 Å². The molecule has 2 saturated heterocycles. The van der Waals surface area contributed by atoms with Crippen LogP contribution in [0.3, 0.4) is 0 Å². The number of carbonyl (C=O) groups is 2. The fourth-order valence-electron chi connectivity index (χ4n) is 2.99. The summed E-state index contributed by atoms with van der Waals surface area (Å²) in [6.45, 7) is 4.28. The minimum Gasteiger partial charge on any atom is -0.469 e. The van der Waals surface area contributed by atoms with Gasteiger partial charge in [-0.15, -0.1) is 0 Å². The van der Waals surface area contributed by atoms with Crippen LogP contribution < -0.4 is 5.32 Å². The lowest BCUT2D eigenvalue weighted by molar-refractivity contribution is -0.146. The van der Waals surface area contributed by atoms with Crippen molar-refractivity contribution in [2.24, 2.45) is 11.8 Å². The van der Waals surface area contributed by atoms with E-state index >= 15 is 0 Å². The molecule has 0 aromatic carbocycles. The van der Waals surface area contributed by atoms with Crippen molar-refractivity contribution in [3.63, 3.8) is 0 Å². The van der Waals surface area contributed by atoms with E-state index in [2.05, 4.69) is 17.1 Å². The molecule has 0 aliphatic carbocycles. The van der Waals surface area contributed by atoms with E-state index in [1.54, 1.807) is 0 Å². The average molecular weight is 254 g/mol. The third-order valence-corrected chi connectivity index (χ3v) is 4.09. The topological polar surface area (TPSA) is 58.6 Å². The van der Waals surface area contributed by atoms with Gasteiger partial charge in [-0.25, -0.2) is 0 Å². The van der Waals surface area contributed by atoms with Crippen molar-refractivity contribution in [3.8, 4) is 0 Å². The maximum absolute atomic E-state index is 12.0. The molecule has 0 radical (unpaired) electrons. The first-order chi connectivity index (χ1) is 8.63. The van der Waals surface area contributed by atoms with Crippen LogP contribution in [0.1, 0.15) is 26.2 Å². The molecule has 102 valence electrons. The van der Waals surface area contributed by atoms with E-state index in [-0.39, 0.29) is 29.8 Å². The predicted molar refractivity (Wildman–Crippen MR) is 66.9 cm³/mol. The highest BCUT2D eigenvalue weighted by atomic mass is 16.5. The van der Waals surface area contributed by atoms with Crippen molar-refractivity contribution in [1.29, 1.82) is 0 Å². The molecular weight excluding hydrogens is 232 g/mol. The van der Waals surface area contributed by atoms with Crippen molar-refractivity contribution in [2.45, 2.75) is 32.2 Å². The van der Waals surface area contributed by atoms with Crippen molar-refractivity contribution >= 4 is 11.9 Å². The van der Waals surface area contributed by atoms with Crippen LogP contribution in [0, 0.1) is 11.8 Å². The van der Waals surface area contributed by atoms with Crippen LogP contribution in [0.2, 0.25) is 0 Å². The lowest BCUT2D eigenvalue weighted by Gasteiger charge is -2.25. The second kappa shape index (κ2) is 5.69. The highest BCUT2D eigenvalue weighted by molar-refractivity contribution is 5.82. The minimum absolute atomic E-state index is 0.0652. The molecule has 3 unspecified atom stereocenters. The zero-order valence-electron chi connectivity index (χ0n) is 11.1. The standard InChI is InChI=1S/C13H22N2O3/c1-9-7-15(8-10(9)13(17)18-2)11-5-3-4-6-14-12(11)16/h9-11H,3-8H2,1-2H3,(H,14,16). The Bertz CT molecular complexity index is 332. The van der Waals surface area contributed by atoms with Crippen molar-refractivity contribution in [2.75, 3.05) is 26.7 Å². The van der Waals surface area contributed by atoms with E-state index < -0.39 is 0 Å². The highest BCUT2D eigenvalue weighted by Crippen LogP contribution is 2.27. The molecule has 2 rings (SSSR count). The summed E-state index contributed by atoms with van der Waals surface area (Å²) in [6.07, 6.45) is 3.01. The van der Waals surface area contributed by atoms with Gasteiger partial charge in [0.2, 0.25) is 5.91 Å². The van der Waals surface area contributed by atoms with E-state index in [1.807, 2.05) is 0 Å². The van der Waals surface area contributed by atoms with E-state index in [9.17, 15) is 9.59 Å². The molecule has 1 amide bonds. The van der Waals surface area contributed by atoms with Gasteiger partial charge in [-0.2, -0.15) is 0 Å². The van der Waals surface area contributed by atoms with Crippen LogP contribution in [0.4, 0.5) is 0 Å². The van der Waals surface area contributed by atoms with Crippen molar-refractivity contribution < 1.29 is 14.3 Å². The van der Waals surface area contributed by atoms with Crippen molar-refractivity contribution in [1.82, 2.24) is 10.2 Å². The van der Waals surface area contributed by atoms with Gasteiger partial charge >= 0.3 is 5.97 Å². The number of methoxy groups -OCH3 is 1. The second-order valence-corrected chi connectivity index (χ2v) is 5.36. The van der Waals surface area contributed by atoms with Crippen LogP contribution in [0.25, 0.3) is 0 Å². The first kappa shape index (κ1) is 13.3. The number of nitrogens with one attached hydrogen (secondary N) is 1. The van der Waals surface area contributed by atoms with Gasteiger partial charge in [-0.05, 0) is 25.2 Å². The third kappa shape index (κ3) is 2.66. The van der Waals surface area contributed by atoms with E-state index in [1.165, 1.54) is 7.11 Å². The van der Waals surface area contributed by atoms with E-state index in [0.717, 1.165) is 32.4 Å². The van der Waals surface area contributed by atoms with Gasteiger partial charge in [0.15, 0.2) is 0 Å². The maximum atomic E-state index is 12.0. The fourth-order valence-corrected chi connectivity index (χ4v) is 2.99. The molecule has 0 saturated carbocycles. The monoisotopic (exact) mass is 254 g/mol. The quantitative estimate of drug-likeness (QED) is 0.725. The molecule has 2 aliphatic heterocycles. The highest BCUT2D eigenvalue weighted by Gasteiger charge is 2.40. The van der Waals surface area contributed by atoms with Gasteiger partial charge in [-0.1, -0.05) is 6.92 Å². The summed E-state index contributed by atoms with van der Waals surface area (Å²) in [6, 6.07) is -0.0652. The van der Waals surface area contributed by atoms with Crippen LogP contribution in [-0.4, -0.2) is 49.6 Å². The molecule has 18 heavy (non-hydrogen) atoms. The summed E-state index contributed by atoms with van der Waals surface area (Å²) >= 11 is 0. The van der Waals surface area contributed by atoms with Crippen LogP contribution in [0.15, 0.2) is 0 Å². The average Bonchev–Trinajstić information content (AvgIpc) is 2.60. The molecular formula is C13H22N2O3. The van der Waals surface area contributed by atoms with E-state index in [4.69, 9.17) is 4.74 Å². The molecule has 0 bridgehead atoms. The smallest absolute Gasteiger partial charge is 0.310 e. The zero-order chi connectivity index (χ0) is 13.1. The Balaban J connectivity index is 2.02. The predicted octanol–water partition coefficient (Wildman–Crippen LogP) is 0.396. The van der Waals surface area contributed by atoms with E-state index in [0.29, 0.717) is 6.54 Å². The van der Waals surface area contributed by atoms with Gasteiger partial charge in [0.1, 0.15) is 0 Å². The Morgan fingerprint density at radius 3 is 2.89 bits per heavy atom. The number of nitrogens with zero attached hydrogens (tertiary/aromatic N) is 1. The molecule has 0 spiro atoms. The number of rotatable bonds is 2. The molecule has 1 N–H and O–H groups in total. The lowest BCUT2D eigenvalue weighted by Crippen LogP contribution is -2.45. The molecule has 3 atom stereocenters. The van der Waals surface area contributed by atoms with Gasteiger partial charge in [-0.3, -0.25) is 14.5 Å². The van der Waals surface area contributed by atoms with Crippen LogP contribution in [-0.2, 0) is 14.3 Å². The number of amides is 1. The summed E-state index contributed by atoms with van der Waals surface area (Å²) in [7, 11) is 1.43. The molecule has 2 fully saturated rings. The number of likely N-dealkylation sites (tertiary alicyclic amines) is 1. The zero-order valence-corrected chi connectivity index (χ0v) is 11.1. The fraction of sp³-hybridized carbons (Fsp3) is 0.846. The largest absolute Gasteiger partial charge is 0.469 e. The first-order valence-electron chi connectivity index (χ1n) is 6.73. The Hall–Kier alpha value is -1.10. The number of hydrogen-bond donors (Lipinski definition) is 1. The lowest BCUT2D eigenvalue weighted by atomic mass is 9.99. The second-order valence-electron chi connectivity index (χ2n) is 5.36. The molecule has 2 heterocycles. The number of carbonyl (C=O) groups excluding carboxylic acids is 2. The first-order valence-corrected chi connectivity index (χ1v) is 6.73. The van der Waals surface area contributed by atoms with Gasteiger partial charge in [0.25, 0.3) is 0 Å². The maximum Gasteiger partial charge on any atom is 0.310 e. The van der Waals surface area contributed by atoms with Gasteiger partial charge < -0.3 is 10.1 Å². The Morgan fingerprint density at radius 2 is 2.17 bits per heavy atom. The molecule has 5 heteroatoms. The number of hydrogen-bond acceptors (Lipinski definition) is 4. The van der Waals surface area contributed by atoms with Gasteiger partial charge in [0, 0.05) is 19.6 Å². The van der Waals surface area contributed by atoms with Crippen LogP contribution >= 0.6 is 0 Å². The summed E-state index contributed by atoms with van der Waals surface area (Å²) < 4.78 is 4.83. The number of ether oxygens (including phenoxy) is 1. The third-order valence-electron chi connectivity index (χ3n) is 4.09. The summed E-state index contributed by atoms with van der Waals surface area (Å²) in [5.41, 5.74) is 0. The molecule has 0 aromatic rings. The molecule has 0 aromatic heterocycles. The molecule has 2 aliphatic rings. The summed E-state index contributed by atoms with van der Waals surface area (Å²) in [5, 5.41) is 2.95. The van der Waals surface area contributed by atoms with Crippen LogP contribution in [0.5, 0.6) is 0 Å². The minimum atomic E-state index is -0.154. The Kier molecular flexibility index (Phi) is 4.22.